The van der Waals surface area contributed by atoms with Gasteiger partial charge in [0.15, 0.2) is 0 Å². The molecule has 2 aliphatic heterocycles. The maximum absolute atomic E-state index is 12.1. The monoisotopic (exact) mass is 290 g/mol. The van der Waals surface area contributed by atoms with Gasteiger partial charge in [0.25, 0.3) is 0 Å². The summed E-state index contributed by atoms with van der Waals surface area (Å²) in [6.07, 6.45) is 3.89. The van der Waals surface area contributed by atoms with Crippen molar-refractivity contribution in [2.24, 2.45) is 5.92 Å². The van der Waals surface area contributed by atoms with E-state index in [9.17, 15) is 13.2 Å². The van der Waals surface area contributed by atoms with Crippen LogP contribution in [-0.2, 0) is 14.8 Å². The van der Waals surface area contributed by atoms with Crippen molar-refractivity contribution in [3.05, 3.63) is 0 Å². The van der Waals surface area contributed by atoms with Crippen LogP contribution in [0.2, 0.25) is 0 Å². The average molecular weight is 290 g/mol. The summed E-state index contributed by atoms with van der Waals surface area (Å²) in [6, 6.07) is 0.428. The van der Waals surface area contributed by atoms with Gasteiger partial charge in [-0.25, -0.2) is 12.7 Å². The normalized spacial score (nSPS) is 29.5. The summed E-state index contributed by atoms with van der Waals surface area (Å²) >= 11 is 0. The molecule has 0 amide bonds. The Morgan fingerprint density at radius 3 is 2.74 bits per heavy atom. The van der Waals surface area contributed by atoms with Crippen LogP contribution in [0.25, 0.3) is 0 Å². The molecule has 0 saturated carbocycles. The summed E-state index contributed by atoms with van der Waals surface area (Å²) in [5.74, 6) is -0.974. The van der Waals surface area contributed by atoms with Crippen LogP contribution in [0, 0.1) is 5.92 Å². The first-order valence-corrected chi connectivity index (χ1v) is 8.53. The minimum absolute atomic E-state index is 0.285. The number of carbonyl (C=O) groups is 1. The second kappa shape index (κ2) is 6.19. The zero-order valence-electron chi connectivity index (χ0n) is 11.0. The number of aliphatic carboxylic acids is 1. The second-order valence-electron chi connectivity index (χ2n) is 5.42. The van der Waals surface area contributed by atoms with Crippen molar-refractivity contribution in [3.8, 4) is 0 Å². The minimum Gasteiger partial charge on any atom is -0.481 e. The predicted octanol–water partition coefficient (Wildman–Crippen LogP) is 0.255. The Hall–Kier alpha value is -0.660. The third-order valence-electron chi connectivity index (χ3n) is 4.06. The number of nitrogens with zero attached hydrogens (tertiary/aromatic N) is 1. The summed E-state index contributed by atoms with van der Waals surface area (Å²) in [6.45, 7) is 2.09. The van der Waals surface area contributed by atoms with Crippen molar-refractivity contribution in [3.63, 3.8) is 0 Å². The van der Waals surface area contributed by atoms with E-state index in [1.165, 1.54) is 4.31 Å². The fourth-order valence-corrected chi connectivity index (χ4v) is 4.53. The number of piperidine rings is 1. The molecule has 0 aromatic rings. The highest BCUT2D eigenvalue weighted by atomic mass is 32.2. The van der Waals surface area contributed by atoms with E-state index < -0.39 is 16.0 Å². The van der Waals surface area contributed by atoms with Gasteiger partial charge in [-0.1, -0.05) is 0 Å². The van der Waals surface area contributed by atoms with E-state index in [-0.39, 0.29) is 12.2 Å². The van der Waals surface area contributed by atoms with Gasteiger partial charge in [0.05, 0.1) is 12.2 Å². The third kappa shape index (κ3) is 3.90. The molecule has 0 aromatic carbocycles. The standard InChI is InChI=1S/C12H22N2O4S/c15-12(16)5-8-19(17,18)14-7-2-3-10(9-14)11-4-1-6-13-11/h10-11,13H,1-9H2,(H,15,16). The molecule has 7 heteroatoms. The van der Waals surface area contributed by atoms with Crippen LogP contribution in [-0.4, -0.2) is 55.2 Å². The van der Waals surface area contributed by atoms with Gasteiger partial charge in [0, 0.05) is 19.1 Å². The molecule has 2 rings (SSSR count). The minimum atomic E-state index is -3.42. The number of sulfonamides is 1. The van der Waals surface area contributed by atoms with Gasteiger partial charge in [-0.3, -0.25) is 4.79 Å². The lowest BCUT2D eigenvalue weighted by molar-refractivity contribution is -0.136. The summed E-state index contributed by atoms with van der Waals surface area (Å²) in [5, 5.41) is 12.0. The highest BCUT2D eigenvalue weighted by molar-refractivity contribution is 7.89. The Labute approximate surface area is 114 Å². The van der Waals surface area contributed by atoms with Gasteiger partial charge in [0.1, 0.15) is 0 Å². The van der Waals surface area contributed by atoms with Gasteiger partial charge in [0.2, 0.25) is 10.0 Å². The number of nitrogens with one attached hydrogen (secondary N) is 1. The van der Waals surface area contributed by atoms with Crippen LogP contribution in [0.5, 0.6) is 0 Å². The molecule has 2 atom stereocenters. The number of rotatable bonds is 5. The van der Waals surface area contributed by atoms with Crippen LogP contribution in [0.4, 0.5) is 0 Å². The molecule has 19 heavy (non-hydrogen) atoms. The van der Waals surface area contributed by atoms with E-state index in [0.29, 0.717) is 25.0 Å². The van der Waals surface area contributed by atoms with E-state index >= 15 is 0 Å². The van der Waals surface area contributed by atoms with Crippen molar-refractivity contribution >= 4 is 16.0 Å². The molecule has 0 aliphatic carbocycles. The molecule has 2 unspecified atom stereocenters. The van der Waals surface area contributed by atoms with Crippen LogP contribution in [0.1, 0.15) is 32.1 Å². The van der Waals surface area contributed by atoms with Crippen molar-refractivity contribution in [2.45, 2.75) is 38.1 Å². The summed E-state index contributed by atoms with van der Waals surface area (Å²) < 4.78 is 25.7. The second-order valence-corrected chi connectivity index (χ2v) is 7.51. The van der Waals surface area contributed by atoms with Crippen LogP contribution in [0.3, 0.4) is 0 Å². The lowest BCUT2D eigenvalue weighted by Gasteiger charge is -2.35. The zero-order chi connectivity index (χ0) is 13.9. The first kappa shape index (κ1) is 14.7. The summed E-state index contributed by atoms with van der Waals surface area (Å²) in [7, 11) is -3.42. The average Bonchev–Trinajstić information content (AvgIpc) is 2.91. The maximum Gasteiger partial charge on any atom is 0.304 e. The maximum atomic E-state index is 12.1. The molecule has 0 bridgehead atoms. The summed E-state index contributed by atoms with van der Waals surface area (Å²) in [4.78, 5) is 10.5. The molecular formula is C12H22N2O4S. The molecule has 2 N–H and O–H groups in total. The number of hydrogen-bond acceptors (Lipinski definition) is 4. The van der Waals surface area contributed by atoms with Crippen LogP contribution in [0.15, 0.2) is 0 Å². The Morgan fingerprint density at radius 1 is 1.32 bits per heavy atom. The molecule has 2 saturated heterocycles. The number of hydrogen-bond donors (Lipinski definition) is 2. The molecule has 0 spiro atoms. The topological polar surface area (TPSA) is 86.7 Å². The Morgan fingerprint density at radius 2 is 2.11 bits per heavy atom. The predicted molar refractivity (Wildman–Crippen MR) is 71.4 cm³/mol. The van der Waals surface area contributed by atoms with Gasteiger partial charge in [-0.2, -0.15) is 0 Å². The Kier molecular flexibility index (Phi) is 4.81. The van der Waals surface area contributed by atoms with Gasteiger partial charge in [-0.15, -0.1) is 0 Å². The van der Waals surface area contributed by atoms with Crippen molar-refractivity contribution in [2.75, 3.05) is 25.4 Å². The first-order valence-electron chi connectivity index (χ1n) is 6.92. The fraction of sp³-hybridized carbons (Fsp3) is 0.917. The highest BCUT2D eigenvalue weighted by Gasteiger charge is 2.33. The Balaban J connectivity index is 1.94. The van der Waals surface area contributed by atoms with E-state index in [4.69, 9.17) is 5.11 Å². The van der Waals surface area contributed by atoms with Gasteiger partial charge in [-0.05, 0) is 38.1 Å². The zero-order valence-corrected chi connectivity index (χ0v) is 11.9. The SMILES string of the molecule is O=C(O)CCS(=O)(=O)N1CCCC(C2CCCN2)C1. The lowest BCUT2D eigenvalue weighted by Crippen LogP contribution is -2.46. The molecular weight excluding hydrogens is 268 g/mol. The van der Waals surface area contributed by atoms with Crippen LogP contribution < -0.4 is 5.32 Å². The van der Waals surface area contributed by atoms with E-state index in [1.807, 2.05) is 0 Å². The number of carboxylic acids is 1. The quantitative estimate of drug-likeness (QED) is 0.758. The van der Waals surface area contributed by atoms with E-state index in [2.05, 4.69) is 5.32 Å². The highest BCUT2D eigenvalue weighted by Crippen LogP contribution is 2.26. The van der Waals surface area contributed by atoms with Crippen molar-refractivity contribution in [1.82, 2.24) is 9.62 Å². The van der Waals surface area contributed by atoms with Gasteiger partial charge >= 0.3 is 5.97 Å². The van der Waals surface area contributed by atoms with Crippen molar-refractivity contribution < 1.29 is 18.3 Å². The molecule has 2 aliphatic rings. The van der Waals surface area contributed by atoms with Gasteiger partial charge < -0.3 is 10.4 Å². The molecule has 6 nitrogen and oxygen atoms in total. The molecule has 2 heterocycles. The van der Waals surface area contributed by atoms with Crippen LogP contribution >= 0.6 is 0 Å². The Bertz CT molecular complexity index is 417. The summed E-state index contributed by atoms with van der Waals surface area (Å²) in [5.41, 5.74) is 0. The first-order chi connectivity index (χ1) is 8.99. The lowest BCUT2D eigenvalue weighted by atomic mass is 9.91. The molecule has 0 radical (unpaired) electrons. The smallest absolute Gasteiger partial charge is 0.304 e. The molecule has 110 valence electrons. The number of carboxylic acid groups (broad SMARTS) is 1. The van der Waals surface area contributed by atoms with E-state index in [1.54, 1.807) is 0 Å². The van der Waals surface area contributed by atoms with Crippen molar-refractivity contribution in [1.29, 1.82) is 0 Å². The largest absolute Gasteiger partial charge is 0.481 e. The molecule has 0 aromatic heterocycles. The third-order valence-corrected chi connectivity index (χ3v) is 5.89. The molecule has 2 fully saturated rings. The van der Waals surface area contributed by atoms with E-state index in [0.717, 1.165) is 32.2 Å². The fourth-order valence-electron chi connectivity index (χ4n) is 3.01.